The van der Waals surface area contributed by atoms with Gasteiger partial charge in [-0.25, -0.2) is 0 Å². The van der Waals surface area contributed by atoms with E-state index in [9.17, 15) is 0 Å². The quantitative estimate of drug-likeness (QED) is 0.245. The molecule has 0 atom stereocenters. The highest BCUT2D eigenvalue weighted by Crippen LogP contribution is 2.39. The molecule has 2 aromatic heterocycles. The van der Waals surface area contributed by atoms with Crippen molar-refractivity contribution < 1.29 is 0 Å². The van der Waals surface area contributed by atoms with Gasteiger partial charge in [0.2, 0.25) is 0 Å². The van der Waals surface area contributed by atoms with Crippen molar-refractivity contribution in [3.8, 4) is 0 Å². The van der Waals surface area contributed by atoms with E-state index in [1.165, 1.54) is 62.6 Å². The van der Waals surface area contributed by atoms with Crippen LogP contribution in [0.1, 0.15) is 22.3 Å². The van der Waals surface area contributed by atoms with Gasteiger partial charge in [-0.05, 0) is 66.4 Å². The number of aryl methyl sites for hydroxylation is 2. The Morgan fingerprint density at radius 3 is 2.10 bits per heavy atom. The number of hydrogen-bond donors (Lipinski definition) is 0. The van der Waals surface area contributed by atoms with Crippen LogP contribution in [0.2, 0.25) is 0 Å². The van der Waals surface area contributed by atoms with E-state index in [2.05, 4.69) is 98.8 Å². The lowest BCUT2D eigenvalue weighted by molar-refractivity contribution is 1.48. The Hall–Kier alpha value is -2.94. The van der Waals surface area contributed by atoms with Crippen molar-refractivity contribution in [2.45, 2.75) is 13.8 Å². The molecule has 0 bridgehead atoms. The number of fused-ring (bicyclic) bond motifs is 6. The molecule has 0 aliphatic heterocycles. The van der Waals surface area contributed by atoms with Gasteiger partial charge in [0.05, 0.1) is 0 Å². The molecular weight excluding hydrogens is 400 g/mol. The summed E-state index contributed by atoms with van der Waals surface area (Å²) in [6.07, 6.45) is 4.62. The molecule has 0 amide bonds. The zero-order valence-corrected chi connectivity index (χ0v) is 18.5. The SMILES string of the molecule is Cc1cc2c(cc1/C=C\c1c(C)ccc3sc4ccccc4c13)sc1ccccc12. The Kier molecular flexibility index (Phi) is 4.05. The maximum Gasteiger partial charge on any atom is 0.0361 e. The van der Waals surface area contributed by atoms with Gasteiger partial charge in [0.1, 0.15) is 0 Å². The van der Waals surface area contributed by atoms with Crippen LogP contribution >= 0.6 is 22.7 Å². The predicted octanol–water partition coefficient (Wildman–Crippen LogP) is 9.21. The lowest BCUT2D eigenvalue weighted by atomic mass is 9.99. The maximum atomic E-state index is 2.35. The summed E-state index contributed by atoms with van der Waals surface area (Å²) < 4.78 is 5.43. The average molecular weight is 421 g/mol. The molecule has 6 aromatic rings. The van der Waals surface area contributed by atoms with Gasteiger partial charge in [-0.3, -0.25) is 0 Å². The van der Waals surface area contributed by atoms with Gasteiger partial charge in [0.25, 0.3) is 0 Å². The first kappa shape index (κ1) is 17.9. The van der Waals surface area contributed by atoms with Crippen molar-refractivity contribution in [3.05, 3.63) is 95.1 Å². The molecule has 2 heteroatoms. The van der Waals surface area contributed by atoms with E-state index in [0.717, 1.165) is 0 Å². The van der Waals surface area contributed by atoms with Gasteiger partial charge < -0.3 is 0 Å². The van der Waals surface area contributed by atoms with Gasteiger partial charge in [-0.2, -0.15) is 0 Å². The minimum Gasteiger partial charge on any atom is -0.135 e. The molecule has 0 aliphatic rings. The fraction of sp³-hybridized carbons (Fsp3) is 0.0714. The molecule has 0 aliphatic carbocycles. The smallest absolute Gasteiger partial charge is 0.0361 e. The monoisotopic (exact) mass is 420 g/mol. The summed E-state index contributed by atoms with van der Waals surface area (Å²) in [6.45, 7) is 4.44. The van der Waals surface area contributed by atoms with Crippen LogP contribution in [-0.4, -0.2) is 0 Å². The Morgan fingerprint density at radius 1 is 0.567 bits per heavy atom. The highest BCUT2D eigenvalue weighted by molar-refractivity contribution is 7.26. The Morgan fingerprint density at radius 2 is 1.27 bits per heavy atom. The van der Waals surface area contributed by atoms with Gasteiger partial charge in [-0.15, -0.1) is 22.7 Å². The van der Waals surface area contributed by atoms with E-state index in [1.54, 1.807) is 0 Å². The maximum absolute atomic E-state index is 2.35. The summed E-state index contributed by atoms with van der Waals surface area (Å²) in [5.41, 5.74) is 5.27. The van der Waals surface area contributed by atoms with E-state index in [0.29, 0.717) is 0 Å². The largest absolute Gasteiger partial charge is 0.135 e. The van der Waals surface area contributed by atoms with Crippen LogP contribution in [0.3, 0.4) is 0 Å². The molecule has 0 N–H and O–H groups in total. The molecule has 0 spiro atoms. The van der Waals surface area contributed by atoms with Gasteiger partial charge >= 0.3 is 0 Å². The summed E-state index contributed by atoms with van der Waals surface area (Å²) in [7, 11) is 0. The molecule has 0 unspecified atom stereocenters. The van der Waals surface area contributed by atoms with Crippen molar-refractivity contribution in [3.63, 3.8) is 0 Å². The third kappa shape index (κ3) is 2.72. The van der Waals surface area contributed by atoms with Crippen LogP contribution in [0.4, 0.5) is 0 Å². The topological polar surface area (TPSA) is 0 Å². The summed E-state index contributed by atoms with van der Waals surface area (Å²) in [6, 6.07) is 26.7. The summed E-state index contributed by atoms with van der Waals surface area (Å²) in [5, 5.41) is 5.47. The van der Waals surface area contributed by atoms with Crippen molar-refractivity contribution in [1.82, 2.24) is 0 Å². The fourth-order valence-corrected chi connectivity index (χ4v) is 6.67. The molecule has 0 saturated carbocycles. The normalized spacial score (nSPS) is 12.2. The standard InChI is InChI=1S/C28H20S2/c1-17-11-14-26-28(22-8-4-6-10-25(22)29-26)20(17)13-12-19-16-27-23(15-18(19)2)21-7-3-5-9-24(21)30-27/h3-16H,1-2H3/b13-12-. The van der Waals surface area contributed by atoms with E-state index in [4.69, 9.17) is 0 Å². The predicted molar refractivity (Wildman–Crippen MR) is 137 cm³/mol. The van der Waals surface area contributed by atoms with E-state index in [-0.39, 0.29) is 0 Å². The Bertz CT molecular complexity index is 1610. The first-order valence-electron chi connectivity index (χ1n) is 10.2. The zero-order chi connectivity index (χ0) is 20.2. The van der Waals surface area contributed by atoms with Crippen LogP contribution in [-0.2, 0) is 0 Å². The van der Waals surface area contributed by atoms with E-state index >= 15 is 0 Å². The van der Waals surface area contributed by atoms with Crippen molar-refractivity contribution >= 4 is 75.2 Å². The minimum atomic E-state index is 1.30. The lowest BCUT2D eigenvalue weighted by Crippen LogP contribution is -1.84. The second-order valence-electron chi connectivity index (χ2n) is 7.90. The van der Waals surface area contributed by atoms with Gasteiger partial charge in [0.15, 0.2) is 0 Å². The molecule has 4 aromatic carbocycles. The van der Waals surface area contributed by atoms with Gasteiger partial charge in [-0.1, -0.05) is 54.6 Å². The van der Waals surface area contributed by atoms with Crippen LogP contribution in [0.5, 0.6) is 0 Å². The molecule has 144 valence electrons. The highest BCUT2D eigenvalue weighted by Gasteiger charge is 2.11. The number of rotatable bonds is 2. The van der Waals surface area contributed by atoms with Crippen molar-refractivity contribution in [1.29, 1.82) is 0 Å². The first-order chi connectivity index (χ1) is 14.7. The number of benzene rings is 4. The van der Waals surface area contributed by atoms with Crippen molar-refractivity contribution in [2.75, 3.05) is 0 Å². The molecule has 6 rings (SSSR count). The van der Waals surface area contributed by atoms with Crippen LogP contribution in [0.15, 0.2) is 72.8 Å². The molecule has 30 heavy (non-hydrogen) atoms. The average Bonchev–Trinajstić information content (AvgIpc) is 3.31. The van der Waals surface area contributed by atoms with Crippen LogP contribution in [0.25, 0.3) is 52.5 Å². The van der Waals surface area contributed by atoms with Crippen LogP contribution in [0, 0.1) is 13.8 Å². The molecule has 0 nitrogen and oxygen atoms in total. The first-order valence-corrected chi connectivity index (χ1v) is 11.8. The van der Waals surface area contributed by atoms with E-state index < -0.39 is 0 Å². The fourth-order valence-electron chi connectivity index (χ4n) is 4.41. The number of thiophene rings is 2. The third-order valence-corrected chi connectivity index (χ3v) is 8.27. The minimum absolute atomic E-state index is 1.30. The molecule has 0 fully saturated rings. The summed E-state index contributed by atoms with van der Waals surface area (Å²) in [4.78, 5) is 0. The molecular formula is C28H20S2. The molecule has 2 heterocycles. The second kappa shape index (κ2) is 6.80. The zero-order valence-electron chi connectivity index (χ0n) is 16.9. The van der Waals surface area contributed by atoms with E-state index in [1.807, 2.05) is 22.7 Å². The lowest BCUT2D eigenvalue weighted by Gasteiger charge is -2.06. The van der Waals surface area contributed by atoms with Crippen molar-refractivity contribution in [2.24, 2.45) is 0 Å². The number of hydrogen-bond acceptors (Lipinski definition) is 2. The molecule has 0 saturated heterocycles. The summed E-state index contributed by atoms with van der Waals surface area (Å²) >= 11 is 3.76. The Labute approximate surface area is 183 Å². The Balaban J connectivity index is 1.54. The summed E-state index contributed by atoms with van der Waals surface area (Å²) in [5.74, 6) is 0. The third-order valence-electron chi connectivity index (χ3n) is 6.00. The van der Waals surface area contributed by atoms with Crippen LogP contribution < -0.4 is 0 Å². The highest BCUT2D eigenvalue weighted by atomic mass is 32.1. The second-order valence-corrected chi connectivity index (χ2v) is 10.1. The van der Waals surface area contributed by atoms with Gasteiger partial charge in [0, 0.05) is 40.3 Å². The molecule has 0 radical (unpaired) electrons.